The van der Waals surface area contributed by atoms with Crippen molar-refractivity contribution >= 4 is 23.5 Å². The Kier molecular flexibility index (Phi) is 4.26. The first-order chi connectivity index (χ1) is 14.2. The number of ketones is 1. The van der Waals surface area contributed by atoms with E-state index in [1.807, 2.05) is 66.9 Å². The van der Waals surface area contributed by atoms with Crippen LogP contribution < -0.4 is 4.74 Å². The molecule has 0 saturated carbocycles. The number of carbonyl (C=O) groups is 1. The van der Waals surface area contributed by atoms with E-state index in [0.29, 0.717) is 16.3 Å². The summed E-state index contributed by atoms with van der Waals surface area (Å²) in [5.74, 6) is 0.586. The Morgan fingerprint density at radius 2 is 1.66 bits per heavy atom. The number of benzene rings is 3. The summed E-state index contributed by atoms with van der Waals surface area (Å²) in [5.41, 5.74) is 3.93. The number of para-hydroxylation sites is 1. The van der Waals surface area contributed by atoms with Gasteiger partial charge in [-0.05, 0) is 36.4 Å². The largest absolute Gasteiger partial charge is 0.452 e. The lowest BCUT2D eigenvalue weighted by molar-refractivity contribution is 0.101. The predicted octanol–water partition coefficient (Wildman–Crippen LogP) is 5.81. The van der Waals surface area contributed by atoms with Crippen molar-refractivity contribution in [3.63, 3.8) is 0 Å². The molecule has 140 valence electrons. The van der Waals surface area contributed by atoms with E-state index < -0.39 is 0 Å². The number of fused-ring (bicyclic) bond motifs is 1. The van der Waals surface area contributed by atoms with Crippen molar-refractivity contribution < 1.29 is 9.53 Å². The average Bonchev–Trinajstić information content (AvgIpc) is 3.31. The van der Waals surface area contributed by atoms with Crippen molar-refractivity contribution in [2.75, 3.05) is 0 Å². The maximum atomic E-state index is 12.8. The number of halogens is 1. The SMILES string of the molecule is O=C1/C(=C/c2cn(-c3ccccc3)nc2-c2ccccc2)Oc2ccc(Cl)cc21. The average molecular weight is 399 g/mol. The molecule has 0 saturated heterocycles. The van der Waals surface area contributed by atoms with Crippen molar-refractivity contribution in [3.05, 3.63) is 107 Å². The molecule has 29 heavy (non-hydrogen) atoms. The van der Waals surface area contributed by atoms with Crippen LogP contribution in [0.2, 0.25) is 5.02 Å². The maximum absolute atomic E-state index is 12.8. The third-order valence-corrected chi connectivity index (χ3v) is 4.96. The van der Waals surface area contributed by atoms with E-state index in [2.05, 4.69) is 0 Å². The van der Waals surface area contributed by atoms with Crippen LogP contribution in [0.25, 0.3) is 23.0 Å². The molecule has 0 bridgehead atoms. The second kappa shape index (κ2) is 7.08. The summed E-state index contributed by atoms with van der Waals surface area (Å²) in [4.78, 5) is 12.8. The fraction of sp³-hybridized carbons (Fsp3) is 0. The summed E-state index contributed by atoms with van der Waals surface area (Å²) in [7, 11) is 0. The summed E-state index contributed by atoms with van der Waals surface area (Å²) >= 11 is 6.03. The van der Waals surface area contributed by atoms with Gasteiger partial charge in [0.25, 0.3) is 0 Å². The lowest BCUT2D eigenvalue weighted by atomic mass is 10.1. The second-order valence-electron chi connectivity index (χ2n) is 6.66. The van der Waals surface area contributed by atoms with Crippen LogP contribution in [0.4, 0.5) is 0 Å². The molecule has 0 N–H and O–H groups in total. The first-order valence-corrected chi connectivity index (χ1v) is 9.51. The molecule has 0 radical (unpaired) electrons. The van der Waals surface area contributed by atoms with E-state index in [1.165, 1.54) is 0 Å². The summed E-state index contributed by atoms with van der Waals surface area (Å²) in [6, 6.07) is 24.8. The maximum Gasteiger partial charge on any atom is 0.232 e. The third-order valence-electron chi connectivity index (χ3n) is 4.73. The zero-order chi connectivity index (χ0) is 19.8. The van der Waals surface area contributed by atoms with Crippen LogP contribution in [0.5, 0.6) is 5.75 Å². The molecule has 5 heteroatoms. The molecule has 4 aromatic rings. The molecule has 0 fully saturated rings. The van der Waals surface area contributed by atoms with Gasteiger partial charge in [-0.15, -0.1) is 0 Å². The number of Topliss-reactive ketones (excluding diaryl/α,β-unsaturated/α-hetero) is 1. The molecular weight excluding hydrogens is 384 g/mol. The van der Waals surface area contributed by atoms with E-state index in [4.69, 9.17) is 21.4 Å². The number of carbonyl (C=O) groups excluding carboxylic acids is 1. The lowest BCUT2D eigenvalue weighted by Gasteiger charge is -2.00. The number of rotatable bonds is 3. The summed E-state index contributed by atoms with van der Waals surface area (Å²) in [6.45, 7) is 0. The molecule has 1 aliphatic heterocycles. The normalized spacial score (nSPS) is 14.1. The topological polar surface area (TPSA) is 44.1 Å². The molecule has 5 rings (SSSR count). The minimum atomic E-state index is -0.186. The summed E-state index contributed by atoms with van der Waals surface area (Å²) in [6.07, 6.45) is 3.64. The van der Waals surface area contributed by atoms with E-state index in [9.17, 15) is 4.79 Å². The Bertz CT molecular complexity index is 1240. The van der Waals surface area contributed by atoms with Gasteiger partial charge in [0.15, 0.2) is 5.76 Å². The summed E-state index contributed by atoms with van der Waals surface area (Å²) in [5, 5.41) is 5.27. The minimum absolute atomic E-state index is 0.186. The number of nitrogens with zero attached hydrogens (tertiary/aromatic N) is 2. The van der Waals surface area contributed by atoms with Gasteiger partial charge in [-0.3, -0.25) is 4.79 Å². The molecule has 0 spiro atoms. The molecule has 0 unspecified atom stereocenters. The fourth-order valence-corrected chi connectivity index (χ4v) is 3.50. The van der Waals surface area contributed by atoms with Crippen molar-refractivity contribution in [1.29, 1.82) is 0 Å². The first kappa shape index (κ1) is 17.5. The van der Waals surface area contributed by atoms with Crippen LogP contribution in [0.3, 0.4) is 0 Å². The third kappa shape index (κ3) is 3.24. The van der Waals surface area contributed by atoms with Crippen LogP contribution in [0.1, 0.15) is 15.9 Å². The van der Waals surface area contributed by atoms with Crippen molar-refractivity contribution in [1.82, 2.24) is 9.78 Å². The highest BCUT2D eigenvalue weighted by Gasteiger charge is 2.28. The quantitative estimate of drug-likeness (QED) is 0.409. The van der Waals surface area contributed by atoms with Crippen LogP contribution in [-0.4, -0.2) is 15.6 Å². The van der Waals surface area contributed by atoms with Gasteiger partial charge >= 0.3 is 0 Å². The molecule has 0 atom stereocenters. The first-order valence-electron chi connectivity index (χ1n) is 9.13. The van der Waals surface area contributed by atoms with E-state index >= 15 is 0 Å². The van der Waals surface area contributed by atoms with Gasteiger partial charge in [0.1, 0.15) is 11.4 Å². The van der Waals surface area contributed by atoms with Gasteiger partial charge in [0, 0.05) is 22.3 Å². The molecule has 0 amide bonds. The van der Waals surface area contributed by atoms with Gasteiger partial charge in [0.05, 0.1) is 11.3 Å². The minimum Gasteiger partial charge on any atom is -0.452 e. The van der Waals surface area contributed by atoms with Gasteiger partial charge in [0.2, 0.25) is 5.78 Å². The van der Waals surface area contributed by atoms with E-state index in [1.54, 1.807) is 29.0 Å². The van der Waals surface area contributed by atoms with E-state index in [0.717, 1.165) is 22.5 Å². The van der Waals surface area contributed by atoms with Crippen LogP contribution in [-0.2, 0) is 0 Å². The van der Waals surface area contributed by atoms with Crippen molar-refractivity contribution in [2.24, 2.45) is 0 Å². The lowest BCUT2D eigenvalue weighted by Crippen LogP contribution is -1.98. The Morgan fingerprint density at radius 1 is 0.931 bits per heavy atom. The predicted molar refractivity (Wildman–Crippen MR) is 113 cm³/mol. The zero-order valence-corrected chi connectivity index (χ0v) is 16.0. The number of hydrogen-bond acceptors (Lipinski definition) is 3. The highest BCUT2D eigenvalue weighted by Crippen LogP contribution is 2.35. The Balaban J connectivity index is 1.62. The van der Waals surface area contributed by atoms with Gasteiger partial charge in [-0.2, -0.15) is 5.10 Å². The molecule has 3 aromatic carbocycles. The number of hydrogen-bond donors (Lipinski definition) is 0. The molecule has 0 aliphatic carbocycles. The molecule has 1 aliphatic rings. The van der Waals surface area contributed by atoms with Crippen molar-refractivity contribution in [2.45, 2.75) is 0 Å². The Hall–Kier alpha value is -3.63. The van der Waals surface area contributed by atoms with Crippen molar-refractivity contribution in [3.8, 4) is 22.7 Å². The molecular formula is C24H15ClN2O2. The number of allylic oxidation sites excluding steroid dienone is 1. The Morgan fingerprint density at radius 3 is 2.41 bits per heavy atom. The molecule has 2 heterocycles. The number of aromatic nitrogens is 2. The standard InChI is InChI=1S/C24H15ClN2O2/c25-18-11-12-21-20(14-18)24(28)22(29-21)13-17-15-27(19-9-5-2-6-10-19)26-23(17)16-7-3-1-4-8-16/h1-15H/b22-13-. The zero-order valence-electron chi connectivity index (χ0n) is 15.2. The molecule has 4 nitrogen and oxygen atoms in total. The summed E-state index contributed by atoms with van der Waals surface area (Å²) < 4.78 is 7.60. The molecule has 1 aromatic heterocycles. The second-order valence-corrected chi connectivity index (χ2v) is 7.10. The fourth-order valence-electron chi connectivity index (χ4n) is 3.33. The number of ether oxygens (including phenoxy) is 1. The van der Waals surface area contributed by atoms with Gasteiger partial charge < -0.3 is 4.74 Å². The monoisotopic (exact) mass is 398 g/mol. The van der Waals surface area contributed by atoms with Crippen LogP contribution in [0, 0.1) is 0 Å². The highest BCUT2D eigenvalue weighted by atomic mass is 35.5. The smallest absolute Gasteiger partial charge is 0.232 e. The van der Waals surface area contributed by atoms with Gasteiger partial charge in [-0.25, -0.2) is 4.68 Å². The van der Waals surface area contributed by atoms with Crippen LogP contribution in [0.15, 0.2) is 90.8 Å². The van der Waals surface area contributed by atoms with Gasteiger partial charge in [-0.1, -0.05) is 60.1 Å². The highest BCUT2D eigenvalue weighted by molar-refractivity contribution is 6.31. The van der Waals surface area contributed by atoms with Crippen LogP contribution >= 0.6 is 11.6 Å². The van der Waals surface area contributed by atoms with E-state index in [-0.39, 0.29) is 11.5 Å². The Labute approximate surface area is 172 Å².